The van der Waals surface area contributed by atoms with Gasteiger partial charge in [0.2, 0.25) is 0 Å². The van der Waals surface area contributed by atoms with Crippen molar-refractivity contribution >= 4 is 9.68 Å². The van der Waals surface area contributed by atoms with Gasteiger partial charge in [-0.2, -0.15) is 0 Å². The highest BCUT2D eigenvalue weighted by molar-refractivity contribution is 6.32. The molecule has 1 fully saturated rings. The summed E-state index contributed by atoms with van der Waals surface area (Å²) in [7, 11) is 0.918. The number of nitrogens with zero attached hydrogens (tertiary/aromatic N) is 1. The van der Waals surface area contributed by atoms with Gasteiger partial charge in [0.05, 0.1) is 6.61 Å². The third-order valence-corrected chi connectivity index (χ3v) is 2.39. The molecule has 2 radical (unpaired) electrons. The quantitative estimate of drug-likeness (QED) is 0.508. The summed E-state index contributed by atoms with van der Waals surface area (Å²) < 4.78 is 2.07. The molecule has 0 aromatic rings. The van der Waals surface area contributed by atoms with Gasteiger partial charge in [0.1, 0.15) is 0 Å². The van der Waals surface area contributed by atoms with Crippen molar-refractivity contribution in [1.29, 1.82) is 0 Å². The maximum Gasteiger partial charge on any atom is 0.179 e. The molecule has 1 rings (SSSR count). The summed E-state index contributed by atoms with van der Waals surface area (Å²) >= 11 is 0. The van der Waals surface area contributed by atoms with Crippen LogP contribution in [0.3, 0.4) is 0 Å². The molecule has 1 aliphatic heterocycles. The van der Waals surface area contributed by atoms with Gasteiger partial charge < -0.3 is 4.84 Å². The van der Waals surface area contributed by atoms with E-state index in [-0.39, 0.29) is 0 Å². The van der Waals surface area contributed by atoms with E-state index in [1.165, 1.54) is 12.5 Å². The van der Waals surface area contributed by atoms with Gasteiger partial charge in [0.15, 0.2) is 9.68 Å². The molecule has 0 spiro atoms. The van der Waals surface area contributed by atoms with E-state index in [9.17, 15) is 0 Å². The van der Waals surface area contributed by atoms with Crippen molar-refractivity contribution in [2.75, 3.05) is 13.2 Å². The normalized spacial score (nSPS) is 22.1. The molecule has 0 aromatic carbocycles. The van der Waals surface area contributed by atoms with Gasteiger partial charge in [-0.05, 0) is 19.4 Å². The van der Waals surface area contributed by atoms with Crippen molar-refractivity contribution in [2.24, 2.45) is 0 Å². The monoisotopic (exact) mass is 129 g/mol. The highest BCUT2D eigenvalue weighted by Crippen LogP contribution is 2.05. The highest BCUT2D eigenvalue weighted by Gasteiger charge is 2.11. The lowest BCUT2D eigenvalue weighted by Crippen LogP contribution is -2.21. The topological polar surface area (TPSA) is 12.5 Å². The van der Waals surface area contributed by atoms with Crippen molar-refractivity contribution < 1.29 is 4.84 Å². The van der Waals surface area contributed by atoms with Crippen LogP contribution in [0, 0.1) is 0 Å². The summed E-state index contributed by atoms with van der Waals surface area (Å²) in [5.74, 6) is 0. The Labute approximate surface area is 52.7 Å². The molecule has 0 saturated carbocycles. The Kier molecular flexibility index (Phi) is 2.52. The standard InChI is InChI=1S/C5H11NOSi/c1-2-7-6-4-3-5-8-6/h2-5H2,1H3. The fourth-order valence-electron chi connectivity index (χ4n) is 0.772. The number of rotatable bonds is 2. The number of hydroxylamine groups is 1. The van der Waals surface area contributed by atoms with E-state index >= 15 is 0 Å². The molecule has 1 heterocycles. The molecule has 3 heteroatoms. The Morgan fingerprint density at radius 2 is 2.62 bits per heavy atom. The smallest absolute Gasteiger partial charge is 0.179 e. The van der Waals surface area contributed by atoms with Crippen molar-refractivity contribution in [3.8, 4) is 0 Å². The van der Waals surface area contributed by atoms with Gasteiger partial charge in [0, 0.05) is 6.54 Å². The summed E-state index contributed by atoms with van der Waals surface area (Å²) in [4.78, 5) is 5.25. The van der Waals surface area contributed by atoms with Crippen LogP contribution in [0.25, 0.3) is 0 Å². The van der Waals surface area contributed by atoms with E-state index in [2.05, 4.69) is 4.73 Å². The number of hydrogen-bond acceptors (Lipinski definition) is 2. The molecule has 46 valence electrons. The van der Waals surface area contributed by atoms with Crippen LogP contribution in [-0.4, -0.2) is 27.6 Å². The first-order chi connectivity index (χ1) is 3.93. The van der Waals surface area contributed by atoms with Crippen molar-refractivity contribution in [3.63, 3.8) is 0 Å². The summed E-state index contributed by atoms with van der Waals surface area (Å²) in [6.45, 7) is 4.00. The van der Waals surface area contributed by atoms with E-state index in [0.29, 0.717) is 0 Å². The van der Waals surface area contributed by atoms with Gasteiger partial charge in [-0.25, -0.2) is 4.73 Å². The lowest BCUT2D eigenvalue weighted by molar-refractivity contribution is -0.0744. The van der Waals surface area contributed by atoms with Crippen LogP contribution in [0.15, 0.2) is 0 Å². The van der Waals surface area contributed by atoms with Gasteiger partial charge in [0.25, 0.3) is 0 Å². The Hall–Kier alpha value is 0.137. The highest BCUT2D eigenvalue weighted by atomic mass is 28.2. The zero-order chi connectivity index (χ0) is 5.82. The molecule has 8 heavy (non-hydrogen) atoms. The van der Waals surface area contributed by atoms with E-state index < -0.39 is 0 Å². The Bertz CT molecular complexity index is 63.4. The molecule has 2 nitrogen and oxygen atoms in total. The fraction of sp³-hybridized carbons (Fsp3) is 1.00. The molecule has 1 aliphatic rings. The predicted molar refractivity (Wildman–Crippen MR) is 33.5 cm³/mol. The molecule has 1 saturated heterocycles. The summed E-state index contributed by atoms with van der Waals surface area (Å²) in [5.41, 5.74) is 0. The zero-order valence-corrected chi connectivity index (χ0v) is 6.18. The summed E-state index contributed by atoms with van der Waals surface area (Å²) in [6, 6.07) is 1.33. The molecule has 0 atom stereocenters. The Balaban J connectivity index is 2.06. The van der Waals surface area contributed by atoms with Crippen LogP contribution in [0.1, 0.15) is 13.3 Å². The molecule has 0 N–H and O–H groups in total. The van der Waals surface area contributed by atoms with E-state index in [4.69, 9.17) is 4.84 Å². The maximum absolute atomic E-state index is 5.25. The molecular weight excluding hydrogens is 118 g/mol. The average Bonchev–Trinajstić information content (AvgIpc) is 2.19. The van der Waals surface area contributed by atoms with Crippen molar-refractivity contribution in [3.05, 3.63) is 0 Å². The third-order valence-electron chi connectivity index (χ3n) is 1.11. The molecular formula is C5H11NOSi. The minimum absolute atomic E-state index is 0.826. The first-order valence-electron chi connectivity index (χ1n) is 3.07. The second kappa shape index (κ2) is 3.22. The van der Waals surface area contributed by atoms with Crippen LogP contribution in [-0.2, 0) is 4.84 Å². The van der Waals surface area contributed by atoms with E-state index in [1.807, 2.05) is 6.92 Å². The van der Waals surface area contributed by atoms with Gasteiger partial charge in [-0.1, -0.05) is 0 Å². The Morgan fingerprint density at radius 1 is 1.75 bits per heavy atom. The fourth-order valence-corrected chi connectivity index (χ4v) is 1.87. The Morgan fingerprint density at radius 3 is 3.12 bits per heavy atom. The molecule has 0 aliphatic carbocycles. The number of hydrogen-bond donors (Lipinski definition) is 0. The zero-order valence-electron chi connectivity index (χ0n) is 5.18. The first-order valence-corrected chi connectivity index (χ1v) is 4.23. The summed E-state index contributed by atoms with van der Waals surface area (Å²) in [5, 5.41) is 0. The van der Waals surface area contributed by atoms with Crippen LogP contribution < -0.4 is 0 Å². The van der Waals surface area contributed by atoms with E-state index in [0.717, 1.165) is 22.8 Å². The predicted octanol–water partition coefficient (Wildman–Crippen LogP) is 0.681. The van der Waals surface area contributed by atoms with Crippen LogP contribution >= 0.6 is 0 Å². The van der Waals surface area contributed by atoms with Gasteiger partial charge >= 0.3 is 0 Å². The van der Waals surface area contributed by atoms with Gasteiger partial charge in [-0.3, -0.25) is 0 Å². The molecule has 0 aromatic heterocycles. The SMILES string of the molecule is CCON1CCC[Si]1. The minimum atomic E-state index is 0.826. The van der Waals surface area contributed by atoms with Gasteiger partial charge in [-0.15, -0.1) is 0 Å². The lowest BCUT2D eigenvalue weighted by Gasteiger charge is -2.11. The van der Waals surface area contributed by atoms with Crippen LogP contribution in [0.4, 0.5) is 0 Å². The minimum Gasteiger partial charge on any atom is -0.307 e. The maximum atomic E-state index is 5.25. The average molecular weight is 129 g/mol. The molecule has 0 unspecified atom stereocenters. The van der Waals surface area contributed by atoms with Crippen LogP contribution in [0.2, 0.25) is 6.04 Å². The molecule has 0 bridgehead atoms. The largest absolute Gasteiger partial charge is 0.307 e. The van der Waals surface area contributed by atoms with Crippen LogP contribution in [0.5, 0.6) is 0 Å². The second-order valence-corrected chi connectivity index (χ2v) is 3.10. The van der Waals surface area contributed by atoms with E-state index in [1.54, 1.807) is 0 Å². The summed E-state index contributed by atoms with van der Waals surface area (Å²) in [6.07, 6.45) is 1.32. The third kappa shape index (κ3) is 1.58. The first kappa shape index (κ1) is 6.26. The second-order valence-electron chi connectivity index (χ2n) is 1.78. The van der Waals surface area contributed by atoms with Crippen molar-refractivity contribution in [2.45, 2.75) is 19.4 Å². The molecule has 0 amide bonds. The van der Waals surface area contributed by atoms with Crippen molar-refractivity contribution in [1.82, 2.24) is 4.73 Å². The lowest BCUT2D eigenvalue weighted by atomic mass is 10.5.